The van der Waals surface area contributed by atoms with E-state index in [1.165, 1.54) is 16.4 Å². The van der Waals surface area contributed by atoms with Crippen molar-refractivity contribution in [3.63, 3.8) is 0 Å². The second-order valence-corrected chi connectivity index (χ2v) is 8.66. The van der Waals surface area contributed by atoms with E-state index in [2.05, 4.69) is 5.32 Å². The quantitative estimate of drug-likeness (QED) is 0.695. The Bertz CT molecular complexity index is 692. The number of ether oxygens (including phenoxy) is 1. The van der Waals surface area contributed by atoms with Crippen molar-refractivity contribution in [1.29, 1.82) is 0 Å². The second-order valence-electron chi connectivity index (χ2n) is 6.72. The fourth-order valence-electron chi connectivity index (χ4n) is 2.88. The molecule has 1 aliphatic rings. The zero-order valence-electron chi connectivity index (χ0n) is 15.3. The van der Waals surface area contributed by atoms with Crippen LogP contribution in [-0.4, -0.2) is 51.0 Å². The SMILES string of the molecule is CC(C)OCCCNC(=O)[C@@H]1CCCN(S(=O)(=O)c2ccc(F)cc2)C1. The maximum absolute atomic E-state index is 13.0. The van der Waals surface area contributed by atoms with Gasteiger partial charge in [-0.05, 0) is 57.4 Å². The molecule has 1 aromatic rings. The molecule has 0 saturated carbocycles. The first-order chi connectivity index (χ1) is 12.3. The molecule has 6 nitrogen and oxygen atoms in total. The largest absolute Gasteiger partial charge is 0.379 e. The molecule has 0 unspecified atom stereocenters. The van der Waals surface area contributed by atoms with Crippen LogP contribution in [-0.2, 0) is 19.6 Å². The van der Waals surface area contributed by atoms with Crippen LogP contribution in [0.4, 0.5) is 4.39 Å². The average Bonchev–Trinajstić information content (AvgIpc) is 2.61. The topological polar surface area (TPSA) is 75.7 Å². The monoisotopic (exact) mass is 386 g/mol. The number of nitrogens with one attached hydrogen (secondary N) is 1. The average molecular weight is 386 g/mol. The first-order valence-electron chi connectivity index (χ1n) is 8.95. The molecule has 0 spiro atoms. The minimum atomic E-state index is -3.72. The Labute approximate surface area is 154 Å². The summed E-state index contributed by atoms with van der Waals surface area (Å²) in [6, 6.07) is 4.76. The van der Waals surface area contributed by atoms with E-state index in [4.69, 9.17) is 4.74 Å². The van der Waals surface area contributed by atoms with Crippen LogP contribution in [0.3, 0.4) is 0 Å². The molecule has 1 heterocycles. The number of amides is 1. The van der Waals surface area contributed by atoms with E-state index < -0.39 is 15.8 Å². The Hall–Kier alpha value is -1.51. The smallest absolute Gasteiger partial charge is 0.243 e. The number of hydrogen-bond acceptors (Lipinski definition) is 4. The third-order valence-corrected chi connectivity index (χ3v) is 6.16. The Morgan fingerprint density at radius 2 is 2.04 bits per heavy atom. The van der Waals surface area contributed by atoms with Crippen molar-refractivity contribution in [3.05, 3.63) is 30.1 Å². The van der Waals surface area contributed by atoms with Crippen molar-refractivity contribution < 1.29 is 22.3 Å². The van der Waals surface area contributed by atoms with Crippen LogP contribution in [0.25, 0.3) is 0 Å². The van der Waals surface area contributed by atoms with Crippen LogP contribution in [0.1, 0.15) is 33.1 Å². The summed E-state index contributed by atoms with van der Waals surface area (Å²) in [5.74, 6) is -0.986. The molecule has 0 aliphatic carbocycles. The first-order valence-corrected chi connectivity index (χ1v) is 10.4. The fraction of sp³-hybridized carbons (Fsp3) is 0.611. The van der Waals surface area contributed by atoms with Gasteiger partial charge in [0, 0.05) is 26.2 Å². The number of nitrogens with zero attached hydrogens (tertiary/aromatic N) is 1. The minimum absolute atomic E-state index is 0.0470. The number of benzene rings is 1. The van der Waals surface area contributed by atoms with Gasteiger partial charge in [-0.3, -0.25) is 4.79 Å². The number of carbonyl (C=O) groups excluding carboxylic acids is 1. The highest BCUT2D eigenvalue weighted by Gasteiger charge is 2.33. The van der Waals surface area contributed by atoms with Crippen LogP contribution < -0.4 is 5.32 Å². The van der Waals surface area contributed by atoms with Crippen molar-refractivity contribution in [1.82, 2.24) is 9.62 Å². The number of carbonyl (C=O) groups is 1. The van der Waals surface area contributed by atoms with E-state index >= 15 is 0 Å². The number of halogens is 1. The molecule has 8 heteroatoms. The predicted molar refractivity (Wildman–Crippen MR) is 96.6 cm³/mol. The van der Waals surface area contributed by atoms with E-state index in [0.29, 0.717) is 39.0 Å². The molecule has 0 bridgehead atoms. The number of rotatable bonds is 8. The molecule has 2 rings (SSSR count). The van der Waals surface area contributed by atoms with Gasteiger partial charge in [-0.1, -0.05) is 0 Å². The zero-order chi connectivity index (χ0) is 19.2. The maximum Gasteiger partial charge on any atom is 0.243 e. The first kappa shape index (κ1) is 20.8. The van der Waals surface area contributed by atoms with Gasteiger partial charge in [-0.25, -0.2) is 12.8 Å². The van der Waals surface area contributed by atoms with Crippen LogP contribution in [0, 0.1) is 11.7 Å². The van der Waals surface area contributed by atoms with Gasteiger partial charge in [-0.2, -0.15) is 4.31 Å². The summed E-state index contributed by atoms with van der Waals surface area (Å²) < 4.78 is 45.1. The van der Waals surface area contributed by atoms with Gasteiger partial charge in [0.15, 0.2) is 0 Å². The van der Waals surface area contributed by atoms with E-state index in [1.54, 1.807) is 0 Å². The van der Waals surface area contributed by atoms with Gasteiger partial charge < -0.3 is 10.1 Å². The van der Waals surface area contributed by atoms with Crippen LogP contribution in [0.5, 0.6) is 0 Å². The molecule has 1 aromatic carbocycles. The summed E-state index contributed by atoms with van der Waals surface area (Å²) in [5.41, 5.74) is 0. The molecule has 1 N–H and O–H groups in total. The fourth-order valence-corrected chi connectivity index (χ4v) is 4.40. The Balaban J connectivity index is 1.89. The van der Waals surface area contributed by atoms with Crippen molar-refractivity contribution in [3.8, 4) is 0 Å². The van der Waals surface area contributed by atoms with E-state index in [1.807, 2.05) is 13.8 Å². The molecule has 1 fully saturated rings. The zero-order valence-corrected chi connectivity index (χ0v) is 16.1. The summed E-state index contributed by atoms with van der Waals surface area (Å²) >= 11 is 0. The van der Waals surface area contributed by atoms with Gasteiger partial charge in [0.1, 0.15) is 5.82 Å². The second kappa shape index (κ2) is 9.43. The molecule has 0 radical (unpaired) electrons. The van der Waals surface area contributed by atoms with Gasteiger partial charge in [0.05, 0.1) is 16.9 Å². The molecule has 1 amide bonds. The summed E-state index contributed by atoms with van der Waals surface area (Å²) in [4.78, 5) is 12.4. The van der Waals surface area contributed by atoms with E-state index in [0.717, 1.165) is 12.1 Å². The predicted octanol–water partition coefficient (Wildman–Crippen LogP) is 2.16. The Morgan fingerprint density at radius 1 is 1.35 bits per heavy atom. The molecule has 26 heavy (non-hydrogen) atoms. The van der Waals surface area contributed by atoms with Crippen molar-refractivity contribution in [2.24, 2.45) is 5.92 Å². The Morgan fingerprint density at radius 3 is 2.69 bits per heavy atom. The van der Waals surface area contributed by atoms with Crippen LogP contribution in [0.15, 0.2) is 29.2 Å². The molecular formula is C18H27FN2O4S. The van der Waals surface area contributed by atoms with Gasteiger partial charge in [0.25, 0.3) is 0 Å². The summed E-state index contributed by atoms with van der Waals surface area (Å²) in [6.07, 6.45) is 2.15. The lowest BCUT2D eigenvalue weighted by molar-refractivity contribution is -0.126. The van der Waals surface area contributed by atoms with Crippen molar-refractivity contribution >= 4 is 15.9 Å². The summed E-state index contributed by atoms with van der Waals surface area (Å²) in [5, 5.41) is 2.86. The summed E-state index contributed by atoms with van der Waals surface area (Å²) in [6.45, 7) is 5.51. The van der Waals surface area contributed by atoms with Crippen molar-refractivity contribution in [2.75, 3.05) is 26.2 Å². The molecular weight excluding hydrogens is 359 g/mol. The highest BCUT2D eigenvalue weighted by Crippen LogP contribution is 2.24. The maximum atomic E-state index is 13.0. The lowest BCUT2D eigenvalue weighted by atomic mass is 9.99. The molecule has 1 aliphatic heterocycles. The highest BCUT2D eigenvalue weighted by atomic mass is 32.2. The molecule has 146 valence electrons. The highest BCUT2D eigenvalue weighted by molar-refractivity contribution is 7.89. The number of piperidine rings is 1. The van der Waals surface area contributed by atoms with Crippen LogP contribution >= 0.6 is 0 Å². The lowest BCUT2D eigenvalue weighted by Crippen LogP contribution is -2.45. The minimum Gasteiger partial charge on any atom is -0.379 e. The van der Waals surface area contributed by atoms with Crippen molar-refractivity contribution in [2.45, 2.75) is 44.1 Å². The third-order valence-electron chi connectivity index (χ3n) is 4.28. The van der Waals surface area contributed by atoms with Crippen LogP contribution in [0.2, 0.25) is 0 Å². The van der Waals surface area contributed by atoms with Gasteiger partial charge in [-0.15, -0.1) is 0 Å². The van der Waals surface area contributed by atoms with Gasteiger partial charge in [0.2, 0.25) is 15.9 Å². The molecule has 0 aromatic heterocycles. The van der Waals surface area contributed by atoms with Gasteiger partial charge >= 0.3 is 0 Å². The molecule has 1 saturated heterocycles. The Kier molecular flexibility index (Phi) is 7.55. The van der Waals surface area contributed by atoms with E-state index in [-0.39, 0.29) is 29.4 Å². The third kappa shape index (κ3) is 5.75. The molecule has 1 atom stereocenters. The summed E-state index contributed by atoms with van der Waals surface area (Å²) in [7, 11) is -3.72. The lowest BCUT2D eigenvalue weighted by Gasteiger charge is -2.31. The normalized spacial score (nSPS) is 18.8. The standard InChI is InChI=1S/C18H27FN2O4S/c1-14(2)25-12-4-10-20-18(22)15-5-3-11-21(13-15)26(23,24)17-8-6-16(19)7-9-17/h6-9,14-15H,3-5,10-13H2,1-2H3,(H,20,22)/t15-/m1/s1. The number of sulfonamides is 1. The van der Waals surface area contributed by atoms with E-state index in [9.17, 15) is 17.6 Å². The number of hydrogen-bond donors (Lipinski definition) is 1.